The molecule has 0 fully saturated rings. The molecule has 2 amide bonds. The van der Waals surface area contributed by atoms with Crippen LogP contribution in [0.3, 0.4) is 0 Å². The molecule has 1 atom stereocenters. The smallest absolute Gasteiger partial charge is 0.273 e. The Morgan fingerprint density at radius 3 is 2.41 bits per heavy atom. The highest BCUT2D eigenvalue weighted by atomic mass is 19.1. The number of rotatable bonds is 7. The number of carbonyl (C=O) groups is 2. The third-order valence-corrected chi connectivity index (χ3v) is 4.42. The predicted octanol–water partition coefficient (Wildman–Crippen LogP) is 2.97. The normalized spacial score (nSPS) is 11.7. The van der Waals surface area contributed by atoms with Gasteiger partial charge in [0.15, 0.2) is 0 Å². The van der Waals surface area contributed by atoms with Gasteiger partial charge in [0.2, 0.25) is 0 Å². The summed E-state index contributed by atoms with van der Waals surface area (Å²) in [6.07, 6.45) is 0.625. The van der Waals surface area contributed by atoms with E-state index in [1.54, 1.807) is 42.5 Å². The Morgan fingerprint density at radius 1 is 1.10 bits per heavy atom. The molecule has 0 aliphatic heterocycles. The zero-order chi connectivity index (χ0) is 20.8. The van der Waals surface area contributed by atoms with Gasteiger partial charge < -0.3 is 15.7 Å². The van der Waals surface area contributed by atoms with E-state index in [9.17, 15) is 19.1 Å². The predicted molar refractivity (Wildman–Crippen MR) is 107 cm³/mol. The minimum absolute atomic E-state index is 0.125. The molecule has 8 heteroatoms. The molecule has 0 saturated carbocycles. The molecule has 29 heavy (non-hydrogen) atoms. The molecule has 0 aliphatic rings. The van der Waals surface area contributed by atoms with E-state index >= 15 is 0 Å². The quantitative estimate of drug-likeness (QED) is 0.492. The zero-order valence-corrected chi connectivity index (χ0v) is 15.8. The largest absolute Gasteiger partial charge is 0.394 e. The number of aliphatic hydroxyl groups excluding tert-OH is 1. The second-order valence-corrected chi connectivity index (χ2v) is 6.47. The van der Waals surface area contributed by atoms with E-state index in [-0.39, 0.29) is 30.1 Å². The fourth-order valence-electron chi connectivity index (χ4n) is 2.66. The van der Waals surface area contributed by atoms with E-state index in [2.05, 4.69) is 20.8 Å². The van der Waals surface area contributed by atoms with Crippen molar-refractivity contribution in [2.45, 2.75) is 19.4 Å². The van der Waals surface area contributed by atoms with E-state index in [0.717, 1.165) is 0 Å². The fraction of sp³-hybridized carbons (Fsp3) is 0.190. The summed E-state index contributed by atoms with van der Waals surface area (Å²) in [6, 6.07) is 13.5. The van der Waals surface area contributed by atoms with Gasteiger partial charge in [-0.1, -0.05) is 6.92 Å². The molecule has 0 spiro atoms. The Hall–Kier alpha value is -3.52. The minimum atomic E-state index is -0.394. The van der Waals surface area contributed by atoms with Gasteiger partial charge in [-0.05, 0) is 61.0 Å². The summed E-state index contributed by atoms with van der Waals surface area (Å²) < 4.78 is 13.0. The number of nitrogens with zero attached hydrogens (tertiary/aromatic N) is 1. The van der Waals surface area contributed by atoms with Gasteiger partial charge in [0.1, 0.15) is 11.5 Å². The second-order valence-electron chi connectivity index (χ2n) is 6.47. The maximum atomic E-state index is 13.0. The van der Waals surface area contributed by atoms with Crippen molar-refractivity contribution in [3.63, 3.8) is 0 Å². The lowest BCUT2D eigenvalue weighted by atomic mass is 10.1. The number of halogens is 1. The lowest BCUT2D eigenvalue weighted by Crippen LogP contribution is -2.36. The molecule has 3 aromatic rings. The van der Waals surface area contributed by atoms with E-state index in [4.69, 9.17) is 0 Å². The number of amides is 2. The molecule has 7 nitrogen and oxygen atoms in total. The lowest BCUT2D eigenvalue weighted by molar-refractivity contribution is 0.0914. The van der Waals surface area contributed by atoms with Crippen molar-refractivity contribution >= 4 is 17.5 Å². The third-order valence-electron chi connectivity index (χ3n) is 4.42. The number of anilines is 1. The summed E-state index contributed by atoms with van der Waals surface area (Å²) in [5, 5.41) is 21.4. The molecule has 0 bridgehead atoms. The first-order valence-corrected chi connectivity index (χ1v) is 9.14. The van der Waals surface area contributed by atoms with Crippen LogP contribution in [0.25, 0.3) is 11.3 Å². The standard InChI is InChI=1S/C21H21FN4O3/c1-2-16(12-27)23-20(28)14-5-9-17(10-6-14)24-21(29)19-11-18(25-26-19)13-3-7-15(22)8-4-13/h3-11,16,27H,2,12H2,1H3,(H,23,28)(H,24,29)(H,25,26)/t16-/m1/s1. The zero-order valence-electron chi connectivity index (χ0n) is 15.8. The summed E-state index contributed by atoms with van der Waals surface area (Å²) in [5.41, 5.74) is 2.40. The van der Waals surface area contributed by atoms with Crippen LogP contribution in [0.4, 0.5) is 10.1 Å². The molecule has 1 heterocycles. The molecule has 0 aliphatic carbocycles. The molecule has 2 aromatic carbocycles. The van der Waals surface area contributed by atoms with Crippen LogP contribution in [0.5, 0.6) is 0 Å². The first-order chi connectivity index (χ1) is 14.0. The van der Waals surface area contributed by atoms with Crippen LogP contribution in [0.1, 0.15) is 34.2 Å². The van der Waals surface area contributed by atoms with Gasteiger partial charge >= 0.3 is 0 Å². The van der Waals surface area contributed by atoms with Crippen molar-refractivity contribution in [3.8, 4) is 11.3 Å². The van der Waals surface area contributed by atoms with Gasteiger partial charge in [-0.2, -0.15) is 5.10 Å². The number of hydrogen-bond donors (Lipinski definition) is 4. The highest BCUT2D eigenvalue weighted by Gasteiger charge is 2.13. The molecule has 0 radical (unpaired) electrons. The average Bonchev–Trinajstić information content (AvgIpc) is 3.23. The second kappa shape index (κ2) is 9.11. The Bertz CT molecular complexity index is 980. The van der Waals surface area contributed by atoms with Gasteiger partial charge in [0.25, 0.3) is 11.8 Å². The topological polar surface area (TPSA) is 107 Å². The van der Waals surface area contributed by atoms with E-state index in [1.807, 2.05) is 6.92 Å². The number of aromatic nitrogens is 2. The van der Waals surface area contributed by atoms with Crippen molar-refractivity contribution in [3.05, 3.63) is 71.7 Å². The number of aliphatic hydroxyl groups is 1. The maximum absolute atomic E-state index is 13.0. The molecule has 150 valence electrons. The Labute approximate surface area is 167 Å². The highest BCUT2D eigenvalue weighted by Crippen LogP contribution is 2.19. The third kappa shape index (κ3) is 5.05. The van der Waals surface area contributed by atoms with Gasteiger partial charge in [-0.25, -0.2) is 4.39 Å². The van der Waals surface area contributed by atoms with Crippen molar-refractivity contribution in [1.29, 1.82) is 0 Å². The minimum Gasteiger partial charge on any atom is -0.394 e. The number of carbonyl (C=O) groups excluding carboxylic acids is 2. The van der Waals surface area contributed by atoms with Gasteiger partial charge in [-0.15, -0.1) is 0 Å². The summed E-state index contributed by atoms with van der Waals surface area (Å²) in [6.45, 7) is 1.75. The first-order valence-electron chi connectivity index (χ1n) is 9.14. The maximum Gasteiger partial charge on any atom is 0.273 e. The number of aromatic amines is 1. The highest BCUT2D eigenvalue weighted by molar-refractivity contribution is 6.03. The SMILES string of the molecule is CC[C@H](CO)NC(=O)c1ccc(NC(=O)c2cc(-c3ccc(F)cc3)n[nH]2)cc1. The van der Waals surface area contributed by atoms with Crippen molar-refractivity contribution in [1.82, 2.24) is 15.5 Å². The van der Waals surface area contributed by atoms with Crippen LogP contribution in [-0.2, 0) is 0 Å². The van der Waals surface area contributed by atoms with E-state index < -0.39 is 5.91 Å². The molecular formula is C21H21FN4O3. The van der Waals surface area contributed by atoms with E-state index in [1.165, 1.54) is 12.1 Å². The lowest BCUT2D eigenvalue weighted by Gasteiger charge is -2.14. The molecule has 0 saturated heterocycles. The van der Waals surface area contributed by atoms with Crippen LogP contribution < -0.4 is 10.6 Å². The Morgan fingerprint density at radius 2 is 1.79 bits per heavy atom. The number of nitrogens with one attached hydrogen (secondary N) is 3. The van der Waals surface area contributed by atoms with Crippen LogP contribution >= 0.6 is 0 Å². The van der Waals surface area contributed by atoms with Crippen LogP contribution in [0.15, 0.2) is 54.6 Å². The number of benzene rings is 2. The summed E-state index contributed by atoms with van der Waals surface area (Å²) in [4.78, 5) is 24.5. The van der Waals surface area contributed by atoms with Gasteiger partial charge in [0.05, 0.1) is 18.3 Å². The Kier molecular flexibility index (Phi) is 6.36. The number of H-pyrrole nitrogens is 1. The fourth-order valence-corrected chi connectivity index (χ4v) is 2.66. The average molecular weight is 396 g/mol. The summed E-state index contributed by atoms with van der Waals surface area (Å²) in [5.74, 6) is -1.03. The Balaban J connectivity index is 1.64. The molecular weight excluding hydrogens is 375 g/mol. The van der Waals surface area contributed by atoms with Crippen molar-refractivity contribution < 1.29 is 19.1 Å². The summed E-state index contributed by atoms with van der Waals surface area (Å²) in [7, 11) is 0. The van der Waals surface area contributed by atoms with Crippen LogP contribution in [0.2, 0.25) is 0 Å². The molecule has 0 unspecified atom stereocenters. The van der Waals surface area contributed by atoms with Gasteiger partial charge in [-0.3, -0.25) is 14.7 Å². The van der Waals surface area contributed by atoms with Crippen molar-refractivity contribution in [2.75, 3.05) is 11.9 Å². The van der Waals surface area contributed by atoms with Crippen molar-refractivity contribution in [2.24, 2.45) is 0 Å². The van der Waals surface area contributed by atoms with Gasteiger partial charge in [0, 0.05) is 16.8 Å². The molecule has 1 aromatic heterocycles. The van der Waals surface area contributed by atoms with E-state index in [0.29, 0.717) is 28.9 Å². The van der Waals surface area contributed by atoms with Crippen LogP contribution in [-0.4, -0.2) is 39.8 Å². The summed E-state index contributed by atoms with van der Waals surface area (Å²) >= 11 is 0. The monoisotopic (exact) mass is 396 g/mol. The molecule has 3 rings (SSSR count). The molecule has 4 N–H and O–H groups in total. The first kappa shape index (κ1) is 20.2. The van der Waals surface area contributed by atoms with Crippen LogP contribution in [0, 0.1) is 5.82 Å². The number of hydrogen-bond acceptors (Lipinski definition) is 4.